The molecule has 33 heavy (non-hydrogen) atoms. The first kappa shape index (κ1) is 21.5. The standard InChI is InChI=1S/C26H25N3O3S/c1-16-13-22(17(2)28(16)18-11-12-18)24(30)15-33-26-27-23-10-5-4-9-21(23)25(31)29(26)19-7-6-8-20(14-19)32-3/h4-10,13-14,18H,11-12,15H2,1-3H3. The lowest BCUT2D eigenvalue weighted by molar-refractivity contribution is 0.102. The second kappa shape index (κ2) is 8.56. The van der Waals surface area contributed by atoms with Crippen LogP contribution in [0.15, 0.2) is 64.5 Å². The lowest BCUT2D eigenvalue weighted by Gasteiger charge is -2.14. The van der Waals surface area contributed by atoms with Gasteiger partial charge in [-0.05, 0) is 57.0 Å². The highest BCUT2D eigenvalue weighted by molar-refractivity contribution is 7.99. The van der Waals surface area contributed by atoms with Gasteiger partial charge in [-0.2, -0.15) is 0 Å². The molecule has 0 saturated heterocycles. The average molecular weight is 460 g/mol. The normalized spacial score (nSPS) is 13.4. The van der Waals surface area contributed by atoms with Crippen LogP contribution < -0.4 is 10.3 Å². The monoisotopic (exact) mass is 459 g/mol. The number of methoxy groups -OCH3 is 1. The van der Waals surface area contributed by atoms with Crippen molar-refractivity contribution in [1.82, 2.24) is 14.1 Å². The number of hydrogen-bond donors (Lipinski definition) is 0. The van der Waals surface area contributed by atoms with E-state index >= 15 is 0 Å². The van der Waals surface area contributed by atoms with Gasteiger partial charge in [-0.1, -0.05) is 30.0 Å². The third-order valence-corrected chi connectivity index (χ3v) is 7.02. The van der Waals surface area contributed by atoms with Crippen LogP contribution in [0.1, 0.15) is 40.6 Å². The molecular formula is C26H25N3O3S. The molecule has 0 bridgehead atoms. The van der Waals surface area contributed by atoms with E-state index in [0.29, 0.717) is 33.5 Å². The molecule has 168 valence electrons. The topological polar surface area (TPSA) is 66.1 Å². The van der Waals surface area contributed by atoms with Gasteiger partial charge in [0.15, 0.2) is 10.9 Å². The molecule has 2 heterocycles. The van der Waals surface area contributed by atoms with Gasteiger partial charge in [-0.3, -0.25) is 14.2 Å². The van der Waals surface area contributed by atoms with Gasteiger partial charge in [-0.25, -0.2) is 4.98 Å². The third-order valence-electron chi connectivity index (χ3n) is 6.09. The third kappa shape index (κ3) is 3.97. The van der Waals surface area contributed by atoms with Crippen molar-refractivity contribution >= 4 is 28.4 Å². The molecule has 2 aromatic heterocycles. The summed E-state index contributed by atoms with van der Waals surface area (Å²) in [6.07, 6.45) is 2.35. The minimum Gasteiger partial charge on any atom is -0.497 e. The Hall–Kier alpha value is -3.32. The molecule has 1 saturated carbocycles. The Labute approximate surface area is 196 Å². The van der Waals surface area contributed by atoms with Gasteiger partial charge in [0.1, 0.15) is 5.75 Å². The summed E-state index contributed by atoms with van der Waals surface area (Å²) in [7, 11) is 1.59. The zero-order valence-electron chi connectivity index (χ0n) is 18.9. The summed E-state index contributed by atoms with van der Waals surface area (Å²) < 4.78 is 9.19. The fraction of sp³-hybridized carbons (Fsp3) is 0.269. The molecule has 6 nitrogen and oxygen atoms in total. The average Bonchev–Trinajstić information content (AvgIpc) is 3.61. The maximum atomic E-state index is 13.4. The van der Waals surface area contributed by atoms with Crippen LogP contribution in [-0.2, 0) is 0 Å². The Kier molecular flexibility index (Phi) is 5.58. The predicted molar refractivity (Wildman–Crippen MR) is 131 cm³/mol. The zero-order valence-corrected chi connectivity index (χ0v) is 19.7. The maximum absolute atomic E-state index is 13.4. The zero-order chi connectivity index (χ0) is 23.1. The van der Waals surface area contributed by atoms with Gasteiger partial charge in [0.25, 0.3) is 5.56 Å². The molecule has 4 aromatic rings. The van der Waals surface area contributed by atoms with Gasteiger partial charge >= 0.3 is 0 Å². The number of ether oxygens (including phenoxy) is 1. The van der Waals surface area contributed by atoms with E-state index in [1.54, 1.807) is 23.8 Å². The fourth-order valence-corrected chi connectivity index (χ4v) is 5.24. The van der Waals surface area contributed by atoms with Crippen LogP contribution in [0.4, 0.5) is 0 Å². The molecule has 5 rings (SSSR count). The summed E-state index contributed by atoms with van der Waals surface area (Å²) in [5.41, 5.74) is 4.00. The lowest BCUT2D eigenvalue weighted by atomic mass is 10.2. The summed E-state index contributed by atoms with van der Waals surface area (Å²) in [5.74, 6) is 0.885. The minimum absolute atomic E-state index is 0.0413. The van der Waals surface area contributed by atoms with Crippen molar-refractivity contribution in [2.75, 3.05) is 12.9 Å². The van der Waals surface area contributed by atoms with Gasteiger partial charge < -0.3 is 9.30 Å². The second-order valence-electron chi connectivity index (χ2n) is 8.35. The molecule has 0 unspecified atom stereocenters. The number of ketones is 1. The van der Waals surface area contributed by atoms with E-state index in [9.17, 15) is 9.59 Å². The minimum atomic E-state index is -0.171. The highest BCUT2D eigenvalue weighted by atomic mass is 32.2. The van der Waals surface area contributed by atoms with E-state index in [-0.39, 0.29) is 17.1 Å². The quantitative estimate of drug-likeness (QED) is 0.218. The first-order valence-electron chi connectivity index (χ1n) is 11.0. The van der Waals surface area contributed by atoms with Crippen molar-refractivity contribution in [1.29, 1.82) is 0 Å². The van der Waals surface area contributed by atoms with Gasteiger partial charge in [0.2, 0.25) is 0 Å². The number of hydrogen-bond acceptors (Lipinski definition) is 5. The van der Waals surface area contributed by atoms with Gasteiger partial charge in [0, 0.05) is 29.1 Å². The predicted octanol–water partition coefficient (Wildman–Crippen LogP) is 5.12. The second-order valence-corrected chi connectivity index (χ2v) is 9.29. The number of aromatic nitrogens is 3. The van der Waals surface area contributed by atoms with Gasteiger partial charge in [-0.15, -0.1) is 0 Å². The smallest absolute Gasteiger partial charge is 0.266 e. The van der Waals surface area contributed by atoms with Crippen molar-refractivity contribution in [3.05, 3.63) is 81.9 Å². The van der Waals surface area contributed by atoms with Crippen molar-refractivity contribution < 1.29 is 9.53 Å². The molecule has 7 heteroatoms. The van der Waals surface area contributed by atoms with Crippen molar-refractivity contribution in [2.24, 2.45) is 0 Å². The molecule has 1 aliphatic rings. The van der Waals surface area contributed by atoms with Crippen LogP contribution in [-0.4, -0.2) is 32.8 Å². The Morgan fingerprint density at radius 2 is 1.91 bits per heavy atom. The number of benzene rings is 2. The van der Waals surface area contributed by atoms with Crippen LogP contribution in [0.2, 0.25) is 0 Å². The van der Waals surface area contributed by atoms with E-state index in [2.05, 4.69) is 11.5 Å². The van der Waals surface area contributed by atoms with Crippen molar-refractivity contribution in [3.8, 4) is 11.4 Å². The number of thioether (sulfide) groups is 1. The molecule has 1 aliphatic carbocycles. The van der Waals surface area contributed by atoms with E-state index < -0.39 is 0 Å². The summed E-state index contributed by atoms with van der Waals surface area (Å²) >= 11 is 1.29. The van der Waals surface area contributed by atoms with Crippen molar-refractivity contribution in [3.63, 3.8) is 0 Å². The van der Waals surface area contributed by atoms with Crippen LogP contribution in [0.5, 0.6) is 5.75 Å². The highest BCUT2D eigenvalue weighted by Gasteiger charge is 2.28. The molecule has 0 aliphatic heterocycles. The molecule has 0 spiro atoms. The summed E-state index contributed by atoms with van der Waals surface area (Å²) in [6.45, 7) is 4.07. The largest absolute Gasteiger partial charge is 0.497 e. The molecule has 1 fully saturated rings. The number of para-hydroxylation sites is 1. The molecule has 0 amide bonds. The Bertz CT molecular complexity index is 1430. The number of nitrogens with zero attached hydrogens (tertiary/aromatic N) is 3. The SMILES string of the molecule is COc1cccc(-n2c(SCC(=O)c3cc(C)n(C4CC4)c3C)nc3ccccc3c2=O)c1. The van der Waals surface area contributed by atoms with Crippen LogP contribution in [0.3, 0.4) is 0 Å². The lowest BCUT2D eigenvalue weighted by Crippen LogP contribution is -2.22. The Balaban J connectivity index is 1.53. The highest BCUT2D eigenvalue weighted by Crippen LogP contribution is 2.38. The van der Waals surface area contributed by atoms with Crippen LogP contribution >= 0.6 is 11.8 Å². The fourth-order valence-electron chi connectivity index (χ4n) is 4.35. The number of carbonyl (C=O) groups excluding carboxylic acids is 1. The number of rotatable bonds is 7. The number of fused-ring (bicyclic) bond motifs is 1. The van der Waals surface area contributed by atoms with Crippen LogP contribution in [0.25, 0.3) is 16.6 Å². The molecule has 0 N–H and O–H groups in total. The Morgan fingerprint density at radius 3 is 2.67 bits per heavy atom. The molecule has 0 atom stereocenters. The number of carbonyl (C=O) groups is 1. The molecular weight excluding hydrogens is 434 g/mol. The summed E-state index contributed by atoms with van der Waals surface area (Å²) in [4.78, 5) is 31.3. The summed E-state index contributed by atoms with van der Waals surface area (Å²) in [6, 6.07) is 17.1. The number of Topliss-reactive ketones (excluding diaryl/α,β-unsaturated/α-hetero) is 1. The van der Waals surface area contributed by atoms with E-state index in [1.165, 1.54) is 24.6 Å². The van der Waals surface area contributed by atoms with E-state index in [4.69, 9.17) is 9.72 Å². The first-order valence-corrected chi connectivity index (χ1v) is 12.0. The van der Waals surface area contributed by atoms with Crippen LogP contribution in [0, 0.1) is 13.8 Å². The number of aryl methyl sites for hydroxylation is 1. The van der Waals surface area contributed by atoms with Crippen molar-refractivity contribution in [2.45, 2.75) is 37.9 Å². The van der Waals surface area contributed by atoms with E-state index in [1.807, 2.05) is 49.4 Å². The maximum Gasteiger partial charge on any atom is 0.266 e. The van der Waals surface area contributed by atoms with E-state index in [0.717, 1.165) is 17.0 Å². The molecule has 0 radical (unpaired) electrons. The first-order chi connectivity index (χ1) is 16.0. The summed E-state index contributed by atoms with van der Waals surface area (Å²) in [5, 5.41) is 1.01. The van der Waals surface area contributed by atoms with Gasteiger partial charge in [0.05, 0.1) is 29.5 Å². The molecule has 2 aromatic carbocycles. The Morgan fingerprint density at radius 1 is 1.12 bits per heavy atom.